The molecular weight excluding hydrogens is 338 g/mol. The van der Waals surface area contributed by atoms with Crippen molar-refractivity contribution in [1.29, 1.82) is 0 Å². The minimum Gasteiger partial charge on any atom is -0.346 e. The fourth-order valence-corrected chi connectivity index (χ4v) is 4.40. The number of aromatic nitrogens is 1. The Hall–Kier alpha value is -1.05. The summed E-state index contributed by atoms with van der Waals surface area (Å²) < 4.78 is 22.4. The van der Waals surface area contributed by atoms with E-state index in [-0.39, 0.29) is 5.82 Å². The van der Waals surface area contributed by atoms with Gasteiger partial charge >= 0.3 is 15.2 Å². The van der Waals surface area contributed by atoms with Gasteiger partial charge in [0.05, 0.1) is 5.69 Å². The second kappa shape index (κ2) is 5.98. The summed E-state index contributed by atoms with van der Waals surface area (Å²) in [7, 11) is -10.1. The highest BCUT2D eigenvalue weighted by Gasteiger charge is 2.43. The topological polar surface area (TPSA) is 140 Å². The zero-order valence-electron chi connectivity index (χ0n) is 10.4. The van der Waals surface area contributed by atoms with Crippen LogP contribution in [0.4, 0.5) is 5.82 Å². The summed E-state index contributed by atoms with van der Waals surface area (Å²) in [5, 5.41) is 5.79. The smallest absolute Gasteiger partial charge is 0.346 e. The Bertz CT molecular complexity index is 688. The first-order valence-electron chi connectivity index (χ1n) is 5.54. The first-order chi connectivity index (χ1) is 9.68. The van der Waals surface area contributed by atoms with E-state index in [1.165, 1.54) is 17.4 Å². The van der Waals surface area contributed by atoms with Crippen molar-refractivity contribution in [3.63, 3.8) is 0 Å². The molecule has 21 heavy (non-hydrogen) atoms. The van der Waals surface area contributed by atoms with Gasteiger partial charge in [-0.3, -0.25) is 9.13 Å². The molecule has 2 heterocycles. The number of anilines is 1. The lowest BCUT2D eigenvalue weighted by Crippen LogP contribution is -2.20. The van der Waals surface area contributed by atoms with E-state index in [0.29, 0.717) is 5.69 Å². The summed E-state index contributed by atoms with van der Waals surface area (Å²) in [4.78, 5) is 40.3. The van der Waals surface area contributed by atoms with E-state index in [1.54, 1.807) is 18.2 Å². The molecule has 0 aliphatic rings. The van der Waals surface area contributed by atoms with Gasteiger partial charge in [-0.2, -0.15) is 11.3 Å². The predicted octanol–water partition coefficient (Wildman–Crippen LogP) is 1.86. The van der Waals surface area contributed by atoms with Crippen molar-refractivity contribution in [1.82, 2.24) is 4.98 Å². The molecule has 0 fully saturated rings. The molecule has 8 nitrogen and oxygen atoms in total. The molecule has 0 aliphatic carbocycles. The van der Waals surface area contributed by atoms with E-state index >= 15 is 0 Å². The van der Waals surface area contributed by atoms with Gasteiger partial charge in [0.15, 0.2) is 0 Å². The zero-order chi connectivity index (χ0) is 15.7. The summed E-state index contributed by atoms with van der Waals surface area (Å²) in [5.74, 6) is -0.0321. The summed E-state index contributed by atoms with van der Waals surface area (Å²) >= 11 is 1.45. The Kier molecular flexibility index (Phi) is 4.65. The Labute approximate surface area is 123 Å². The molecule has 0 amide bonds. The summed E-state index contributed by atoms with van der Waals surface area (Å²) in [6.07, 6.45) is 0. The van der Waals surface area contributed by atoms with Crippen molar-refractivity contribution < 1.29 is 28.7 Å². The molecule has 0 unspecified atom stereocenters. The standard InChI is InChI=1S/C10H12N2O6P2S/c13-19(14,15)10(20(16,17)18)12-9-3-1-2-8(11-9)7-4-5-21-6-7/h1-6,10H,(H,11,12)(H2,13,14,15)(H2,16,17,18). The highest BCUT2D eigenvalue weighted by atomic mass is 32.1. The number of nitrogens with one attached hydrogen (secondary N) is 1. The monoisotopic (exact) mass is 350 g/mol. The number of thiophene rings is 1. The lowest BCUT2D eigenvalue weighted by Gasteiger charge is -2.21. The van der Waals surface area contributed by atoms with Gasteiger partial charge in [0, 0.05) is 10.9 Å². The van der Waals surface area contributed by atoms with Gasteiger partial charge in [-0.25, -0.2) is 4.98 Å². The molecule has 2 aromatic rings. The van der Waals surface area contributed by atoms with E-state index in [9.17, 15) is 9.13 Å². The fourth-order valence-electron chi connectivity index (χ4n) is 1.58. The molecule has 2 aromatic heterocycles. The Balaban J connectivity index is 2.32. The van der Waals surface area contributed by atoms with Gasteiger partial charge in [-0.15, -0.1) is 0 Å². The second-order valence-electron chi connectivity index (χ2n) is 4.12. The number of pyridine rings is 1. The number of hydrogen-bond acceptors (Lipinski definition) is 5. The van der Waals surface area contributed by atoms with Crippen molar-refractivity contribution in [2.24, 2.45) is 0 Å². The van der Waals surface area contributed by atoms with Crippen LogP contribution >= 0.6 is 26.5 Å². The van der Waals surface area contributed by atoms with Crippen LogP contribution in [-0.4, -0.2) is 30.1 Å². The highest BCUT2D eigenvalue weighted by Crippen LogP contribution is 2.59. The minimum atomic E-state index is -5.05. The summed E-state index contributed by atoms with van der Waals surface area (Å²) in [5.41, 5.74) is -1.00. The third-order valence-electron chi connectivity index (χ3n) is 2.48. The van der Waals surface area contributed by atoms with Crippen LogP contribution in [0.2, 0.25) is 0 Å². The number of nitrogens with zero attached hydrogens (tertiary/aromatic N) is 1. The second-order valence-corrected chi connectivity index (χ2v) is 8.69. The fraction of sp³-hybridized carbons (Fsp3) is 0.100. The quantitative estimate of drug-likeness (QED) is 0.515. The average molecular weight is 350 g/mol. The molecule has 0 saturated heterocycles. The van der Waals surface area contributed by atoms with E-state index in [4.69, 9.17) is 19.6 Å². The van der Waals surface area contributed by atoms with Crippen molar-refractivity contribution in [2.45, 2.75) is 5.52 Å². The minimum absolute atomic E-state index is 0.0321. The van der Waals surface area contributed by atoms with Crippen LogP contribution in [0.15, 0.2) is 35.0 Å². The van der Waals surface area contributed by atoms with Crippen LogP contribution in [0.25, 0.3) is 11.3 Å². The Morgan fingerprint density at radius 2 is 1.76 bits per heavy atom. The lowest BCUT2D eigenvalue weighted by molar-refractivity contribution is 0.343. The van der Waals surface area contributed by atoms with E-state index in [0.717, 1.165) is 5.56 Å². The van der Waals surface area contributed by atoms with Crippen LogP contribution in [-0.2, 0) is 9.13 Å². The molecular formula is C10H12N2O6P2S. The van der Waals surface area contributed by atoms with Gasteiger partial charge in [0.25, 0.3) is 0 Å². The number of rotatable bonds is 5. The molecule has 2 rings (SSSR count). The van der Waals surface area contributed by atoms with E-state index < -0.39 is 20.7 Å². The third kappa shape index (κ3) is 4.21. The van der Waals surface area contributed by atoms with Crippen LogP contribution in [0, 0.1) is 0 Å². The van der Waals surface area contributed by atoms with E-state index in [1.807, 2.05) is 10.8 Å². The van der Waals surface area contributed by atoms with Crippen LogP contribution in [0.5, 0.6) is 0 Å². The highest BCUT2D eigenvalue weighted by molar-refractivity contribution is 7.71. The largest absolute Gasteiger partial charge is 0.360 e. The molecule has 0 radical (unpaired) electrons. The van der Waals surface area contributed by atoms with Gasteiger partial charge < -0.3 is 24.9 Å². The molecule has 0 aromatic carbocycles. The first kappa shape index (κ1) is 16.3. The maximum Gasteiger partial charge on any atom is 0.360 e. The van der Waals surface area contributed by atoms with E-state index in [2.05, 4.69) is 10.3 Å². The van der Waals surface area contributed by atoms with Crippen molar-refractivity contribution >= 4 is 32.3 Å². The average Bonchev–Trinajstić information content (AvgIpc) is 2.87. The van der Waals surface area contributed by atoms with Gasteiger partial charge in [-0.1, -0.05) is 6.07 Å². The molecule has 11 heteroatoms. The third-order valence-corrected chi connectivity index (χ3v) is 6.50. The van der Waals surface area contributed by atoms with Gasteiger partial charge in [0.2, 0.25) is 5.52 Å². The molecule has 0 spiro atoms. The van der Waals surface area contributed by atoms with Crippen molar-refractivity contribution in [3.05, 3.63) is 35.0 Å². The molecule has 0 atom stereocenters. The molecule has 0 aliphatic heterocycles. The molecule has 5 N–H and O–H groups in total. The molecule has 0 saturated carbocycles. The van der Waals surface area contributed by atoms with Gasteiger partial charge in [0.1, 0.15) is 5.82 Å². The Morgan fingerprint density at radius 3 is 2.29 bits per heavy atom. The SMILES string of the molecule is O=P(O)(O)C(Nc1cccc(-c2ccsc2)n1)P(=O)(O)O. The first-order valence-corrected chi connectivity index (χ1v) is 9.85. The summed E-state index contributed by atoms with van der Waals surface area (Å²) in [6.45, 7) is 0. The van der Waals surface area contributed by atoms with Crippen LogP contribution < -0.4 is 5.32 Å². The van der Waals surface area contributed by atoms with Crippen molar-refractivity contribution in [2.75, 3.05) is 5.32 Å². The van der Waals surface area contributed by atoms with Crippen LogP contribution in [0.1, 0.15) is 0 Å². The van der Waals surface area contributed by atoms with Crippen LogP contribution in [0.3, 0.4) is 0 Å². The summed E-state index contributed by atoms with van der Waals surface area (Å²) in [6, 6.07) is 6.42. The maximum absolute atomic E-state index is 11.2. The molecule has 114 valence electrons. The predicted molar refractivity (Wildman–Crippen MR) is 79.0 cm³/mol. The number of hydrogen-bond donors (Lipinski definition) is 5. The maximum atomic E-state index is 11.2. The van der Waals surface area contributed by atoms with Gasteiger partial charge in [-0.05, 0) is 23.6 Å². The zero-order valence-corrected chi connectivity index (χ0v) is 13.0. The molecule has 0 bridgehead atoms. The van der Waals surface area contributed by atoms with Crippen molar-refractivity contribution in [3.8, 4) is 11.3 Å². The normalized spacial score (nSPS) is 12.6. The Morgan fingerprint density at radius 1 is 1.10 bits per heavy atom. The lowest BCUT2D eigenvalue weighted by atomic mass is 10.2.